The van der Waals surface area contributed by atoms with E-state index in [1.807, 2.05) is 12.1 Å². The Hall–Kier alpha value is -3.08. The SMILES string of the molecule is Nc1nc2[nH]c(CCc3cccc4ccccc34)cc2c(=O)[nH]1. The van der Waals surface area contributed by atoms with Crippen LogP contribution in [-0.2, 0) is 12.8 Å². The number of benzene rings is 2. The number of aromatic amines is 2. The van der Waals surface area contributed by atoms with E-state index in [0.717, 1.165) is 18.5 Å². The topological polar surface area (TPSA) is 87.6 Å². The molecule has 0 aliphatic rings. The third-order valence-corrected chi connectivity index (χ3v) is 4.11. The van der Waals surface area contributed by atoms with E-state index < -0.39 is 0 Å². The molecule has 0 atom stereocenters. The zero-order valence-electron chi connectivity index (χ0n) is 12.5. The molecule has 2 aromatic carbocycles. The van der Waals surface area contributed by atoms with Crippen molar-refractivity contribution < 1.29 is 0 Å². The molecule has 0 aliphatic carbocycles. The lowest BCUT2D eigenvalue weighted by Crippen LogP contribution is -2.09. The average Bonchev–Trinajstić information content (AvgIpc) is 2.96. The van der Waals surface area contributed by atoms with Gasteiger partial charge in [-0.1, -0.05) is 42.5 Å². The normalized spacial score (nSPS) is 11.3. The van der Waals surface area contributed by atoms with Gasteiger partial charge in [0.15, 0.2) is 0 Å². The Bertz CT molecular complexity index is 1060. The molecule has 2 aromatic heterocycles. The van der Waals surface area contributed by atoms with Gasteiger partial charge in [0.1, 0.15) is 5.65 Å². The maximum Gasteiger partial charge on any atom is 0.261 e. The highest BCUT2D eigenvalue weighted by molar-refractivity contribution is 5.85. The zero-order chi connectivity index (χ0) is 15.8. The summed E-state index contributed by atoms with van der Waals surface area (Å²) in [5.74, 6) is 0.130. The summed E-state index contributed by atoms with van der Waals surface area (Å²) in [6, 6.07) is 16.6. The first kappa shape index (κ1) is 13.6. The fraction of sp³-hybridized carbons (Fsp3) is 0.111. The van der Waals surface area contributed by atoms with Crippen molar-refractivity contribution in [1.82, 2.24) is 15.0 Å². The standard InChI is InChI=1S/C18H16N4O/c19-18-21-16-15(17(23)22-18)10-13(20-16)9-8-12-6-3-5-11-4-1-2-7-14(11)12/h1-7,10H,8-9H2,(H4,19,20,21,22,23). The number of hydrogen-bond acceptors (Lipinski definition) is 3. The number of fused-ring (bicyclic) bond motifs is 2. The van der Waals surface area contributed by atoms with Crippen molar-refractivity contribution in [3.8, 4) is 0 Å². The van der Waals surface area contributed by atoms with Crippen molar-refractivity contribution >= 4 is 27.8 Å². The van der Waals surface area contributed by atoms with Crippen LogP contribution in [0.4, 0.5) is 5.95 Å². The molecule has 0 aliphatic heterocycles. The molecule has 4 N–H and O–H groups in total. The molecule has 2 heterocycles. The third kappa shape index (κ3) is 2.46. The Morgan fingerprint density at radius 2 is 1.78 bits per heavy atom. The van der Waals surface area contributed by atoms with Gasteiger partial charge in [0.25, 0.3) is 5.56 Å². The van der Waals surface area contributed by atoms with Gasteiger partial charge in [0.2, 0.25) is 5.95 Å². The molecule has 5 nitrogen and oxygen atoms in total. The predicted molar refractivity (Wildman–Crippen MR) is 92.5 cm³/mol. The molecule has 0 bridgehead atoms. The van der Waals surface area contributed by atoms with E-state index in [2.05, 4.69) is 51.4 Å². The van der Waals surface area contributed by atoms with Crippen LogP contribution in [-0.4, -0.2) is 15.0 Å². The van der Waals surface area contributed by atoms with Gasteiger partial charge in [-0.25, -0.2) is 0 Å². The molecule has 114 valence electrons. The summed E-state index contributed by atoms with van der Waals surface area (Å²) in [6.45, 7) is 0. The van der Waals surface area contributed by atoms with Gasteiger partial charge in [0, 0.05) is 5.69 Å². The number of H-pyrrole nitrogens is 2. The van der Waals surface area contributed by atoms with Crippen LogP contribution in [0.1, 0.15) is 11.3 Å². The molecule has 4 rings (SSSR count). The second kappa shape index (κ2) is 5.28. The predicted octanol–water partition coefficient (Wildman–Crippen LogP) is 2.77. The summed E-state index contributed by atoms with van der Waals surface area (Å²) in [6.07, 6.45) is 1.70. The van der Waals surface area contributed by atoms with E-state index in [9.17, 15) is 4.79 Å². The van der Waals surface area contributed by atoms with Gasteiger partial charge in [-0.15, -0.1) is 0 Å². The van der Waals surface area contributed by atoms with Crippen LogP contribution in [0.3, 0.4) is 0 Å². The van der Waals surface area contributed by atoms with Crippen molar-refractivity contribution in [1.29, 1.82) is 0 Å². The number of anilines is 1. The number of aromatic nitrogens is 3. The van der Waals surface area contributed by atoms with Crippen LogP contribution in [0.15, 0.2) is 53.3 Å². The maximum absolute atomic E-state index is 11.9. The minimum Gasteiger partial charge on any atom is -0.369 e. The Kier molecular flexibility index (Phi) is 3.12. The van der Waals surface area contributed by atoms with Gasteiger partial charge in [-0.3, -0.25) is 9.78 Å². The van der Waals surface area contributed by atoms with Crippen molar-refractivity contribution in [3.05, 3.63) is 70.1 Å². The van der Waals surface area contributed by atoms with E-state index in [1.165, 1.54) is 16.3 Å². The van der Waals surface area contributed by atoms with Crippen LogP contribution in [0.25, 0.3) is 21.8 Å². The molecule has 0 radical (unpaired) electrons. The van der Waals surface area contributed by atoms with E-state index in [-0.39, 0.29) is 11.5 Å². The van der Waals surface area contributed by atoms with Gasteiger partial charge < -0.3 is 10.7 Å². The van der Waals surface area contributed by atoms with Crippen molar-refractivity contribution in [2.45, 2.75) is 12.8 Å². The van der Waals surface area contributed by atoms with E-state index in [1.54, 1.807) is 0 Å². The summed E-state index contributed by atoms with van der Waals surface area (Å²) >= 11 is 0. The minimum absolute atomic E-state index is 0.130. The quantitative estimate of drug-likeness (QED) is 0.544. The van der Waals surface area contributed by atoms with E-state index in [0.29, 0.717) is 11.0 Å². The number of hydrogen-bond donors (Lipinski definition) is 3. The molecule has 5 heteroatoms. The number of aryl methyl sites for hydroxylation is 2. The smallest absolute Gasteiger partial charge is 0.261 e. The van der Waals surface area contributed by atoms with Crippen LogP contribution in [0.5, 0.6) is 0 Å². The summed E-state index contributed by atoms with van der Waals surface area (Å²) in [5, 5.41) is 3.06. The van der Waals surface area contributed by atoms with Crippen LogP contribution in [0.2, 0.25) is 0 Å². The monoisotopic (exact) mass is 304 g/mol. The van der Waals surface area contributed by atoms with Crippen LogP contribution >= 0.6 is 0 Å². The molecular formula is C18H16N4O. The lowest BCUT2D eigenvalue weighted by atomic mass is 10.0. The van der Waals surface area contributed by atoms with Crippen LogP contribution < -0.4 is 11.3 Å². The number of nitrogens with one attached hydrogen (secondary N) is 2. The molecule has 0 saturated heterocycles. The minimum atomic E-state index is -0.208. The molecule has 4 aromatic rings. The second-order valence-corrected chi connectivity index (χ2v) is 5.65. The second-order valence-electron chi connectivity index (χ2n) is 5.65. The van der Waals surface area contributed by atoms with Gasteiger partial charge in [-0.05, 0) is 35.2 Å². The lowest BCUT2D eigenvalue weighted by Gasteiger charge is -2.05. The maximum atomic E-state index is 11.9. The number of nitrogens with two attached hydrogens (primary N) is 1. The zero-order valence-corrected chi connectivity index (χ0v) is 12.5. The average molecular weight is 304 g/mol. The van der Waals surface area contributed by atoms with E-state index >= 15 is 0 Å². The highest BCUT2D eigenvalue weighted by atomic mass is 16.1. The third-order valence-electron chi connectivity index (χ3n) is 4.11. The first-order valence-corrected chi connectivity index (χ1v) is 7.55. The number of rotatable bonds is 3. The molecule has 23 heavy (non-hydrogen) atoms. The van der Waals surface area contributed by atoms with E-state index in [4.69, 9.17) is 5.73 Å². The Labute approximate surface area is 132 Å². The fourth-order valence-corrected chi connectivity index (χ4v) is 3.01. The summed E-state index contributed by atoms with van der Waals surface area (Å²) < 4.78 is 0. The molecule has 0 fully saturated rings. The largest absolute Gasteiger partial charge is 0.369 e. The van der Waals surface area contributed by atoms with Crippen molar-refractivity contribution in [2.75, 3.05) is 5.73 Å². The molecule has 0 saturated carbocycles. The lowest BCUT2D eigenvalue weighted by molar-refractivity contribution is 0.935. The van der Waals surface area contributed by atoms with Gasteiger partial charge >= 0.3 is 0 Å². The van der Waals surface area contributed by atoms with Crippen LogP contribution in [0, 0.1) is 0 Å². The summed E-state index contributed by atoms with van der Waals surface area (Å²) in [4.78, 5) is 21.7. The summed E-state index contributed by atoms with van der Waals surface area (Å²) in [5.41, 5.74) is 8.18. The molecule has 0 unspecified atom stereocenters. The first-order chi connectivity index (χ1) is 11.2. The molecule has 0 amide bonds. The Morgan fingerprint density at radius 1 is 0.957 bits per heavy atom. The van der Waals surface area contributed by atoms with Gasteiger partial charge in [-0.2, -0.15) is 4.98 Å². The molecule has 0 spiro atoms. The van der Waals surface area contributed by atoms with Crippen molar-refractivity contribution in [2.24, 2.45) is 0 Å². The Balaban J connectivity index is 1.66. The molecular weight excluding hydrogens is 288 g/mol. The van der Waals surface area contributed by atoms with Crippen molar-refractivity contribution in [3.63, 3.8) is 0 Å². The first-order valence-electron chi connectivity index (χ1n) is 7.55. The number of nitrogens with zero attached hydrogens (tertiary/aromatic N) is 1. The summed E-state index contributed by atoms with van der Waals surface area (Å²) in [7, 11) is 0. The fourth-order valence-electron chi connectivity index (χ4n) is 3.01. The number of nitrogen functional groups attached to an aromatic ring is 1. The Morgan fingerprint density at radius 3 is 2.70 bits per heavy atom. The highest BCUT2D eigenvalue weighted by Gasteiger charge is 2.08. The van der Waals surface area contributed by atoms with Gasteiger partial charge in [0.05, 0.1) is 5.39 Å². The highest BCUT2D eigenvalue weighted by Crippen LogP contribution is 2.20.